The Labute approximate surface area is 131 Å². The van der Waals surface area contributed by atoms with Crippen LogP contribution in [-0.4, -0.2) is 21.6 Å². The summed E-state index contributed by atoms with van der Waals surface area (Å²) in [5.41, 5.74) is 1.08. The molecule has 20 heavy (non-hydrogen) atoms. The lowest BCUT2D eigenvalue weighted by Crippen LogP contribution is -2.15. The van der Waals surface area contributed by atoms with Crippen molar-refractivity contribution in [3.8, 4) is 0 Å². The highest BCUT2D eigenvalue weighted by Gasteiger charge is 2.25. The third-order valence-electron chi connectivity index (χ3n) is 2.58. The van der Waals surface area contributed by atoms with Crippen molar-refractivity contribution in [3.63, 3.8) is 0 Å². The van der Waals surface area contributed by atoms with E-state index in [0.29, 0.717) is 5.95 Å². The Morgan fingerprint density at radius 2 is 1.85 bits per heavy atom. The molecule has 2 rings (SSSR count). The van der Waals surface area contributed by atoms with Gasteiger partial charge in [0.15, 0.2) is 0 Å². The average Bonchev–Trinajstić information content (AvgIpc) is 2.45. The smallest absolute Gasteiger partial charge is 0.232 e. The predicted molar refractivity (Wildman–Crippen MR) is 81.2 cm³/mol. The molecule has 1 atom stereocenters. The molecule has 1 aromatic carbocycles. The number of anilines is 1. The molecule has 2 aromatic rings. The zero-order chi connectivity index (χ0) is 14.6. The first-order chi connectivity index (χ1) is 9.47. The second-order valence-electron chi connectivity index (χ2n) is 4.07. The van der Waals surface area contributed by atoms with Gasteiger partial charge in [0.25, 0.3) is 0 Å². The van der Waals surface area contributed by atoms with Gasteiger partial charge in [-0.15, -0.1) is 0 Å². The zero-order valence-corrected chi connectivity index (χ0v) is 12.6. The van der Waals surface area contributed by atoms with Gasteiger partial charge in [-0.2, -0.15) is 0 Å². The maximum atomic E-state index is 10.0. The maximum absolute atomic E-state index is 10.0. The standard InChI is InChI=1S/C13H12Cl3N3O/c14-13(15,16)11-6-7-17-12(19-11)18-8-10(20)9-4-2-1-3-5-9/h1-7,10,20H,8H2,(H,17,18,19). The first-order valence-electron chi connectivity index (χ1n) is 5.84. The minimum Gasteiger partial charge on any atom is -0.387 e. The van der Waals surface area contributed by atoms with Crippen LogP contribution in [0.2, 0.25) is 0 Å². The molecule has 4 nitrogen and oxygen atoms in total. The Morgan fingerprint density at radius 3 is 2.50 bits per heavy atom. The van der Waals surface area contributed by atoms with Crippen LogP contribution in [0, 0.1) is 0 Å². The van der Waals surface area contributed by atoms with Gasteiger partial charge >= 0.3 is 0 Å². The van der Waals surface area contributed by atoms with E-state index in [2.05, 4.69) is 15.3 Å². The summed E-state index contributed by atoms with van der Waals surface area (Å²) in [5, 5.41) is 12.9. The van der Waals surface area contributed by atoms with E-state index in [0.717, 1.165) is 5.56 Å². The Morgan fingerprint density at radius 1 is 1.15 bits per heavy atom. The van der Waals surface area contributed by atoms with Crippen LogP contribution in [0.5, 0.6) is 0 Å². The van der Waals surface area contributed by atoms with Crippen molar-refractivity contribution in [2.45, 2.75) is 9.90 Å². The molecule has 0 amide bonds. The van der Waals surface area contributed by atoms with Crippen molar-refractivity contribution in [1.29, 1.82) is 0 Å². The number of benzene rings is 1. The quantitative estimate of drug-likeness (QED) is 0.842. The lowest BCUT2D eigenvalue weighted by molar-refractivity contribution is 0.191. The Kier molecular flexibility index (Phi) is 5.05. The van der Waals surface area contributed by atoms with Crippen molar-refractivity contribution >= 4 is 40.8 Å². The third-order valence-corrected chi connectivity index (χ3v) is 3.16. The molecule has 0 saturated heterocycles. The average molecular weight is 333 g/mol. The lowest BCUT2D eigenvalue weighted by Gasteiger charge is -2.14. The van der Waals surface area contributed by atoms with E-state index in [1.807, 2.05) is 30.3 Å². The second-order valence-corrected chi connectivity index (χ2v) is 6.35. The molecular weight excluding hydrogens is 321 g/mol. The monoisotopic (exact) mass is 331 g/mol. The summed E-state index contributed by atoms with van der Waals surface area (Å²) >= 11 is 17.3. The van der Waals surface area contributed by atoms with Crippen LogP contribution in [0.1, 0.15) is 17.4 Å². The summed E-state index contributed by atoms with van der Waals surface area (Å²) in [6, 6.07) is 10.8. The van der Waals surface area contributed by atoms with E-state index in [1.54, 1.807) is 0 Å². The van der Waals surface area contributed by atoms with Crippen LogP contribution in [-0.2, 0) is 3.79 Å². The molecule has 0 saturated carbocycles. The molecule has 0 bridgehead atoms. The number of aromatic nitrogens is 2. The van der Waals surface area contributed by atoms with Gasteiger partial charge in [0.1, 0.15) is 0 Å². The van der Waals surface area contributed by atoms with Gasteiger partial charge in [-0.05, 0) is 11.6 Å². The molecule has 1 unspecified atom stereocenters. The van der Waals surface area contributed by atoms with Gasteiger partial charge in [0.2, 0.25) is 9.74 Å². The minimum atomic E-state index is -1.60. The molecule has 1 aromatic heterocycles. The molecular formula is C13H12Cl3N3O. The lowest BCUT2D eigenvalue weighted by atomic mass is 10.1. The third kappa shape index (κ3) is 4.21. The number of nitrogens with zero attached hydrogens (tertiary/aromatic N) is 2. The molecule has 0 aliphatic carbocycles. The van der Waals surface area contributed by atoms with Crippen LogP contribution in [0.15, 0.2) is 42.6 Å². The molecule has 0 aliphatic rings. The van der Waals surface area contributed by atoms with Crippen molar-refractivity contribution in [2.75, 3.05) is 11.9 Å². The minimum absolute atomic E-state index is 0.257. The zero-order valence-electron chi connectivity index (χ0n) is 10.3. The van der Waals surface area contributed by atoms with E-state index in [9.17, 15) is 5.11 Å². The maximum Gasteiger partial charge on any atom is 0.232 e. The van der Waals surface area contributed by atoms with Crippen LogP contribution in [0.25, 0.3) is 0 Å². The summed E-state index contributed by atoms with van der Waals surface area (Å²) in [6.07, 6.45) is 0.817. The number of aliphatic hydroxyl groups excluding tert-OH is 1. The van der Waals surface area contributed by atoms with Gasteiger partial charge in [-0.3, -0.25) is 0 Å². The molecule has 106 valence electrons. The van der Waals surface area contributed by atoms with Crippen molar-refractivity contribution < 1.29 is 5.11 Å². The van der Waals surface area contributed by atoms with Crippen molar-refractivity contribution in [3.05, 3.63) is 53.9 Å². The fourth-order valence-corrected chi connectivity index (χ4v) is 1.90. The van der Waals surface area contributed by atoms with E-state index >= 15 is 0 Å². The Bertz CT molecular complexity index is 560. The number of hydrogen-bond acceptors (Lipinski definition) is 4. The summed E-state index contributed by atoms with van der Waals surface area (Å²) in [4.78, 5) is 8.09. The molecule has 7 heteroatoms. The van der Waals surface area contributed by atoms with Crippen LogP contribution in [0.4, 0.5) is 5.95 Å². The highest BCUT2D eigenvalue weighted by molar-refractivity contribution is 6.66. The van der Waals surface area contributed by atoms with E-state index < -0.39 is 9.90 Å². The van der Waals surface area contributed by atoms with E-state index in [1.165, 1.54) is 12.3 Å². The summed E-state index contributed by atoms with van der Waals surface area (Å²) in [7, 11) is 0. The molecule has 1 heterocycles. The Hall–Kier alpha value is -1.07. The fourth-order valence-electron chi connectivity index (χ4n) is 1.58. The van der Waals surface area contributed by atoms with Crippen molar-refractivity contribution in [1.82, 2.24) is 9.97 Å². The van der Waals surface area contributed by atoms with Crippen LogP contribution in [0.3, 0.4) is 0 Å². The SMILES string of the molecule is OC(CNc1nccc(C(Cl)(Cl)Cl)n1)c1ccccc1. The number of alkyl halides is 3. The number of hydrogen-bond donors (Lipinski definition) is 2. The first-order valence-corrected chi connectivity index (χ1v) is 6.97. The largest absolute Gasteiger partial charge is 0.387 e. The Balaban J connectivity index is 2.01. The summed E-state index contributed by atoms with van der Waals surface area (Å²) in [5.74, 6) is 0.295. The fraction of sp³-hybridized carbons (Fsp3) is 0.231. The number of nitrogens with one attached hydrogen (secondary N) is 1. The molecule has 0 fully saturated rings. The van der Waals surface area contributed by atoms with Crippen molar-refractivity contribution in [2.24, 2.45) is 0 Å². The summed E-state index contributed by atoms with van der Waals surface area (Å²) in [6.45, 7) is 0.257. The number of halogens is 3. The van der Waals surface area contributed by atoms with Crippen LogP contribution < -0.4 is 5.32 Å². The molecule has 0 aliphatic heterocycles. The van der Waals surface area contributed by atoms with Gasteiger partial charge in [0, 0.05) is 12.7 Å². The van der Waals surface area contributed by atoms with Crippen LogP contribution >= 0.6 is 34.8 Å². The normalized spacial score (nSPS) is 13.0. The predicted octanol–water partition coefficient (Wildman–Crippen LogP) is 3.45. The van der Waals surface area contributed by atoms with Gasteiger partial charge in [0.05, 0.1) is 11.8 Å². The molecule has 0 radical (unpaired) electrons. The van der Waals surface area contributed by atoms with Gasteiger partial charge in [-0.25, -0.2) is 9.97 Å². The van der Waals surface area contributed by atoms with Gasteiger partial charge in [-0.1, -0.05) is 65.1 Å². The van der Waals surface area contributed by atoms with Gasteiger partial charge < -0.3 is 10.4 Å². The highest BCUT2D eigenvalue weighted by atomic mass is 35.6. The van der Waals surface area contributed by atoms with E-state index in [4.69, 9.17) is 34.8 Å². The summed E-state index contributed by atoms with van der Waals surface area (Å²) < 4.78 is -1.60. The first kappa shape index (κ1) is 15.3. The van der Waals surface area contributed by atoms with E-state index in [-0.39, 0.29) is 12.2 Å². The molecule has 2 N–H and O–H groups in total. The second kappa shape index (κ2) is 6.59. The number of aliphatic hydroxyl groups is 1. The molecule has 0 spiro atoms. The number of rotatable bonds is 4. The highest BCUT2D eigenvalue weighted by Crippen LogP contribution is 2.36. The topological polar surface area (TPSA) is 58.0 Å².